The first-order chi connectivity index (χ1) is 7.70. The van der Waals surface area contributed by atoms with Gasteiger partial charge < -0.3 is 18.9 Å². The molecule has 2 fully saturated rings. The van der Waals surface area contributed by atoms with E-state index in [2.05, 4.69) is 0 Å². The minimum atomic E-state index is -0.888. The van der Waals surface area contributed by atoms with Gasteiger partial charge in [-0.25, -0.2) is 0 Å². The lowest BCUT2D eigenvalue weighted by atomic mass is 10.0. The molecule has 0 bridgehead atoms. The normalized spacial score (nSPS) is 33.6. The van der Waals surface area contributed by atoms with Gasteiger partial charge in [-0.1, -0.05) is 12.8 Å². The summed E-state index contributed by atoms with van der Waals surface area (Å²) in [6, 6.07) is 0.743. The lowest BCUT2D eigenvalue weighted by Gasteiger charge is -2.29. The Morgan fingerprint density at radius 2 is 1.94 bits per heavy atom. The van der Waals surface area contributed by atoms with E-state index in [-0.39, 0.29) is 5.22 Å². The van der Waals surface area contributed by atoms with Gasteiger partial charge in [0.15, 0.2) is 0 Å². The second-order valence-electron chi connectivity index (χ2n) is 4.39. The van der Waals surface area contributed by atoms with Crippen molar-refractivity contribution in [2.75, 3.05) is 21.3 Å². The molecule has 1 heterocycles. The predicted molar refractivity (Wildman–Crippen MR) is 60.4 cm³/mol. The molecule has 92 valence electrons. The van der Waals surface area contributed by atoms with Crippen LogP contribution in [0.4, 0.5) is 0 Å². The molecule has 0 aromatic rings. The van der Waals surface area contributed by atoms with Crippen molar-refractivity contribution in [2.45, 2.75) is 49.0 Å². The third-order valence-corrected chi connectivity index (χ3v) is 5.52. The maximum absolute atomic E-state index is 5.84. The fourth-order valence-corrected chi connectivity index (χ4v) is 4.32. The first-order valence-electron chi connectivity index (χ1n) is 5.78. The molecule has 0 amide bonds. The van der Waals surface area contributed by atoms with E-state index in [9.17, 15) is 0 Å². The summed E-state index contributed by atoms with van der Waals surface area (Å²) in [5.74, 6) is -0.888. The second-order valence-corrected chi connectivity index (χ2v) is 5.94. The Bertz CT molecular complexity index is 236. The summed E-state index contributed by atoms with van der Waals surface area (Å²) in [4.78, 5) is 0. The van der Waals surface area contributed by atoms with E-state index < -0.39 is 5.97 Å². The molecule has 2 radical (unpaired) electrons. The highest BCUT2D eigenvalue weighted by molar-refractivity contribution is 6.41. The SMILES string of the molecule is COC(C[Si]C12CCCCC1O2)(OC)OC. The Labute approximate surface area is 99.4 Å². The standard InChI is InChI=1S/C11H20O4Si/c1-12-11(13-2,14-3)8-16-10-7-5-4-6-9(10)15-10/h9H,4-8H2,1-3H3. The molecule has 1 saturated heterocycles. The highest BCUT2D eigenvalue weighted by Crippen LogP contribution is 2.48. The summed E-state index contributed by atoms with van der Waals surface area (Å²) in [5, 5.41) is 0.138. The lowest BCUT2D eigenvalue weighted by Crippen LogP contribution is -2.40. The maximum atomic E-state index is 5.84. The van der Waals surface area contributed by atoms with Crippen LogP contribution in [0.5, 0.6) is 0 Å². The Kier molecular flexibility index (Phi) is 3.71. The molecular formula is C11H20O4Si. The van der Waals surface area contributed by atoms with Gasteiger partial charge in [-0.05, 0) is 12.8 Å². The van der Waals surface area contributed by atoms with Crippen LogP contribution in [0.15, 0.2) is 0 Å². The van der Waals surface area contributed by atoms with Gasteiger partial charge in [-0.3, -0.25) is 0 Å². The number of methoxy groups -OCH3 is 3. The van der Waals surface area contributed by atoms with Gasteiger partial charge in [0.1, 0.15) is 0 Å². The zero-order valence-electron chi connectivity index (χ0n) is 10.2. The third kappa shape index (κ3) is 2.19. The zero-order valence-corrected chi connectivity index (χ0v) is 11.2. The summed E-state index contributed by atoms with van der Waals surface area (Å²) in [5.41, 5.74) is 0. The molecule has 5 heteroatoms. The maximum Gasteiger partial charge on any atom is 0.279 e. The van der Waals surface area contributed by atoms with E-state index >= 15 is 0 Å². The first kappa shape index (κ1) is 12.5. The van der Waals surface area contributed by atoms with Crippen molar-refractivity contribution in [3.05, 3.63) is 0 Å². The van der Waals surface area contributed by atoms with E-state index in [0.29, 0.717) is 15.6 Å². The largest absolute Gasteiger partial charge is 0.371 e. The van der Waals surface area contributed by atoms with Crippen LogP contribution in [0.2, 0.25) is 6.04 Å². The predicted octanol–water partition coefficient (Wildman–Crippen LogP) is 1.37. The van der Waals surface area contributed by atoms with Gasteiger partial charge in [-0.2, -0.15) is 0 Å². The van der Waals surface area contributed by atoms with Gasteiger partial charge in [0.2, 0.25) is 0 Å². The molecule has 2 rings (SSSR count). The van der Waals surface area contributed by atoms with Gasteiger partial charge in [-0.15, -0.1) is 0 Å². The van der Waals surface area contributed by atoms with Crippen LogP contribution in [-0.2, 0) is 18.9 Å². The minimum absolute atomic E-state index is 0.138. The molecule has 16 heavy (non-hydrogen) atoms. The molecule has 0 spiro atoms. The molecule has 1 saturated carbocycles. The summed E-state index contributed by atoms with van der Waals surface area (Å²) in [7, 11) is 5.52. The lowest BCUT2D eigenvalue weighted by molar-refractivity contribution is -0.339. The molecule has 2 atom stereocenters. The van der Waals surface area contributed by atoms with E-state index in [1.54, 1.807) is 21.3 Å². The van der Waals surface area contributed by atoms with Crippen molar-refractivity contribution < 1.29 is 18.9 Å². The van der Waals surface area contributed by atoms with Crippen LogP contribution in [0, 0.1) is 0 Å². The fourth-order valence-electron chi connectivity index (χ4n) is 2.42. The monoisotopic (exact) mass is 244 g/mol. The summed E-state index contributed by atoms with van der Waals surface area (Å²) >= 11 is 0. The van der Waals surface area contributed by atoms with Crippen molar-refractivity contribution in [1.29, 1.82) is 0 Å². The number of hydrogen-bond donors (Lipinski definition) is 0. The highest BCUT2D eigenvalue weighted by Gasteiger charge is 2.57. The molecule has 0 aromatic carbocycles. The number of fused-ring (bicyclic) bond motifs is 1. The average Bonchev–Trinajstić information content (AvgIpc) is 3.06. The Hall–Kier alpha value is 0.0569. The van der Waals surface area contributed by atoms with Crippen molar-refractivity contribution in [3.63, 3.8) is 0 Å². The summed E-state index contributed by atoms with van der Waals surface area (Å²) < 4.78 is 21.7. The number of hydrogen-bond acceptors (Lipinski definition) is 4. The topological polar surface area (TPSA) is 40.2 Å². The van der Waals surface area contributed by atoms with Crippen molar-refractivity contribution in [1.82, 2.24) is 0 Å². The molecule has 1 aliphatic carbocycles. The molecule has 1 aliphatic heterocycles. The number of epoxide rings is 1. The van der Waals surface area contributed by atoms with E-state index in [1.807, 2.05) is 0 Å². The Morgan fingerprint density at radius 3 is 2.50 bits per heavy atom. The highest BCUT2D eigenvalue weighted by atomic mass is 28.2. The average molecular weight is 244 g/mol. The van der Waals surface area contributed by atoms with E-state index in [0.717, 1.165) is 6.04 Å². The third-order valence-electron chi connectivity index (χ3n) is 3.62. The zero-order chi connectivity index (χ0) is 11.6. The van der Waals surface area contributed by atoms with Crippen LogP contribution in [0.25, 0.3) is 0 Å². The minimum Gasteiger partial charge on any atom is -0.371 e. The second kappa shape index (κ2) is 4.74. The molecule has 4 nitrogen and oxygen atoms in total. The van der Waals surface area contributed by atoms with Crippen molar-refractivity contribution in [2.24, 2.45) is 0 Å². The van der Waals surface area contributed by atoms with Crippen LogP contribution in [0.3, 0.4) is 0 Å². The molecule has 0 N–H and O–H groups in total. The van der Waals surface area contributed by atoms with Gasteiger partial charge in [0, 0.05) is 27.4 Å². The van der Waals surface area contributed by atoms with Crippen LogP contribution >= 0.6 is 0 Å². The summed E-state index contributed by atoms with van der Waals surface area (Å²) in [6.45, 7) is 0. The Morgan fingerprint density at radius 1 is 1.25 bits per heavy atom. The molecular weight excluding hydrogens is 224 g/mol. The number of rotatable bonds is 6. The molecule has 2 unspecified atom stereocenters. The van der Waals surface area contributed by atoms with Crippen LogP contribution in [0.1, 0.15) is 25.7 Å². The Balaban J connectivity index is 1.86. The van der Waals surface area contributed by atoms with E-state index in [1.165, 1.54) is 25.7 Å². The van der Waals surface area contributed by atoms with Gasteiger partial charge in [0.25, 0.3) is 5.97 Å². The number of ether oxygens (including phenoxy) is 4. The van der Waals surface area contributed by atoms with Crippen molar-refractivity contribution in [3.8, 4) is 0 Å². The molecule has 2 aliphatic rings. The first-order valence-corrected chi connectivity index (χ1v) is 6.99. The van der Waals surface area contributed by atoms with Crippen molar-refractivity contribution >= 4 is 9.52 Å². The quantitative estimate of drug-likeness (QED) is 0.402. The molecule has 0 aromatic heterocycles. The van der Waals surface area contributed by atoms with Gasteiger partial charge >= 0.3 is 0 Å². The van der Waals surface area contributed by atoms with Crippen LogP contribution in [-0.4, -0.2) is 48.2 Å². The van der Waals surface area contributed by atoms with Gasteiger partial charge in [0.05, 0.1) is 20.8 Å². The fraction of sp³-hybridized carbons (Fsp3) is 1.00. The van der Waals surface area contributed by atoms with Crippen LogP contribution < -0.4 is 0 Å². The summed E-state index contributed by atoms with van der Waals surface area (Å²) in [6.07, 6.45) is 5.48. The van der Waals surface area contributed by atoms with E-state index in [4.69, 9.17) is 18.9 Å². The smallest absolute Gasteiger partial charge is 0.279 e.